The zero-order valence-electron chi connectivity index (χ0n) is 15.0. The van der Waals surface area contributed by atoms with Crippen LogP contribution in [-0.4, -0.2) is 11.6 Å². The number of carbonyl (C=O) groups is 2. The van der Waals surface area contributed by atoms with E-state index in [1.807, 2.05) is 12.1 Å². The summed E-state index contributed by atoms with van der Waals surface area (Å²) in [4.78, 5) is 25.6. The quantitative estimate of drug-likeness (QED) is 0.698. The molecule has 0 aliphatic heterocycles. The van der Waals surface area contributed by atoms with Crippen molar-refractivity contribution in [2.24, 2.45) is 11.3 Å². The van der Waals surface area contributed by atoms with Gasteiger partial charge >= 0.3 is 0 Å². The maximum Gasteiger partial charge on any atom is 0.190 e. The average Bonchev–Trinajstić information content (AvgIpc) is 2.50. The van der Waals surface area contributed by atoms with E-state index in [9.17, 15) is 9.59 Å². The molecule has 0 atom stereocenters. The first kappa shape index (κ1) is 17.4. The summed E-state index contributed by atoms with van der Waals surface area (Å²) >= 11 is 0. The monoisotopic (exact) mass is 310 g/mol. The highest BCUT2D eigenvalue weighted by Crippen LogP contribution is 2.40. The molecule has 0 N–H and O–H groups in total. The molecular formula is C21H26O2. The Hall–Kier alpha value is -1.96. The van der Waals surface area contributed by atoms with E-state index in [1.165, 1.54) is 5.57 Å². The van der Waals surface area contributed by atoms with Gasteiger partial charge in [-0.3, -0.25) is 9.59 Å². The highest BCUT2D eigenvalue weighted by Gasteiger charge is 2.37. The van der Waals surface area contributed by atoms with Crippen molar-refractivity contribution in [2.45, 2.75) is 48.0 Å². The van der Waals surface area contributed by atoms with E-state index in [4.69, 9.17) is 0 Å². The summed E-state index contributed by atoms with van der Waals surface area (Å²) in [7, 11) is 0. The lowest BCUT2D eigenvalue weighted by molar-refractivity contribution is 0.0954. The summed E-state index contributed by atoms with van der Waals surface area (Å²) in [5.41, 5.74) is 3.27. The molecule has 1 aliphatic carbocycles. The van der Waals surface area contributed by atoms with Crippen molar-refractivity contribution in [3.63, 3.8) is 0 Å². The molecule has 0 spiro atoms. The van der Waals surface area contributed by atoms with Crippen LogP contribution in [0, 0.1) is 11.3 Å². The Kier molecular flexibility index (Phi) is 4.74. The normalized spacial score (nSPS) is 16.2. The maximum absolute atomic E-state index is 13.0. The van der Waals surface area contributed by atoms with Gasteiger partial charge in [0.1, 0.15) is 0 Å². The fraction of sp³-hybridized carbons (Fsp3) is 0.429. The molecule has 0 aromatic heterocycles. The predicted molar refractivity (Wildman–Crippen MR) is 94.8 cm³/mol. The number of Topliss-reactive ketones (excluding diaryl/α,β-unsaturated/α-hetero) is 2. The van der Waals surface area contributed by atoms with Crippen molar-refractivity contribution in [1.29, 1.82) is 0 Å². The SMILES string of the molecule is CC1=C(C(C)(C)C/C=C(\C)C(C)C)C(=O)c2ccccc2C1=O. The van der Waals surface area contributed by atoms with Crippen LogP contribution in [0.1, 0.15) is 68.7 Å². The topological polar surface area (TPSA) is 34.1 Å². The number of fused-ring (bicyclic) bond motifs is 1. The van der Waals surface area contributed by atoms with Crippen LogP contribution < -0.4 is 0 Å². The van der Waals surface area contributed by atoms with Gasteiger partial charge in [-0.2, -0.15) is 0 Å². The third-order valence-corrected chi connectivity index (χ3v) is 4.88. The molecule has 0 unspecified atom stereocenters. The summed E-state index contributed by atoms with van der Waals surface area (Å²) in [6, 6.07) is 7.12. The van der Waals surface area contributed by atoms with E-state index < -0.39 is 0 Å². The number of benzene rings is 1. The fourth-order valence-electron chi connectivity index (χ4n) is 3.07. The third kappa shape index (κ3) is 3.21. The molecule has 0 bridgehead atoms. The van der Waals surface area contributed by atoms with Crippen molar-refractivity contribution in [3.8, 4) is 0 Å². The molecule has 23 heavy (non-hydrogen) atoms. The van der Waals surface area contributed by atoms with Gasteiger partial charge in [0.05, 0.1) is 0 Å². The average molecular weight is 310 g/mol. The molecule has 2 nitrogen and oxygen atoms in total. The molecule has 0 radical (unpaired) electrons. The lowest BCUT2D eigenvalue weighted by Crippen LogP contribution is -2.29. The smallest absolute Gasteiger partial charge is 0.190 e. The van der Waals surface area contributed by atoms with Crippen molar-refractivity contribution in [1.82, 2.24) is 0 Å². The van der Waals surface area contributed by atoms with E-state index in [1.54, 1.807) is 19.1 Å². The lowest BCUT2D eigenvalue weighted by Gasteiger charge is -2.31. The van der Waals surface area contributed by atoms with Crippen LogP contribution in [0.4, 0.5) is 0 Å². The Morgan fingerprint density at radius 2 is 1.61 bits per heavy atom. The largest absolute Gasteiger partial charge is 0.289 e. The van der Waals surface area contributed by atoms with Crippen molar-refractivity contribution >= 4 is 11.6 Å². The number of hydrogen-bond donors (Lipinski definition) is 0. The van der Waals surface area contributed by atoms with E-state index in [0.717, 1.165) is 6.42 Å². The molecule has 122 valence electrons. The first-order chi connectivity index (χ1) is 10.7. The Morgan fingerprint density at radius 1 is 1.09 bits per heavy atom. The van der Waals surface area contributed by atoms with Gasteiger partial charge in [-0.15, -0.1) is 0 Å². The second-order valence-corrected chi connectivity index (χ2v) is 7.39. The van der Waals surface area contributed by atoms with Crippen LogP contribution in [0.25, 0.3) is 0 Å². The summed E-state index contributed by atoms with van der Waals surface area (Å²) in [5, 5.41) is 0. The van der Waals surface area contributed by atoms with E-state index in [-0.39, 0.29) is 17.0 Å². The molecule has 0 fully saturated rings. The Labute approximate surface area is 139 Å². The number of ketones is 2. The second kappa shape index (κ2) is 6.27. The predicted octanol–water partition coefficient (Wildman–Crippen LogP) is 5.40. The summed E-state index contributed by atoms with van der Waals surface area (Å²) in [6.45, 7) is 12.3. The van der Waals surface area contributed by atoms with Gasteiger partial charge in [-0.1, -0.05) is 63.6 Å². The highest BCUT2D eigenvalue weighted by molar-refractivity contribution is 6.27. The molecular weight excluding hydrogens is 284 g/mol. The van der Waals surface area contributed by atoms with Crippen LogP contribution >= 0.6 is 0 Å². The van der Waals surface area contributed by atoms with Gasteiger partial charge in [0.25, 0.3) is 0 Å². The molecule has 0 heterocycles. The van der Waals surface area contributed by atoms with Gasteiger partial charge in [0.15, 0.2) is 11.6 Å². The van der Waals surface area contributed by atoms with Crippen LogP contribution in [0.15, 0.2) is 47.1 Å². The minimum absolute atomic E-state index is 0.00157. The lowest BCUT2D eigenvalue weighted by atomic mass is 9.70. The zero-order chi connectivity index (χ0) is 17.4. The Bertz CT molecular complexity index is 715. The fourth-order valence-corrected chi connectivity index (χ4v) is 3.07. The van der Waals surface area contributed by atoms with Gasteiger partial charge in [0.2, 0.25) is 0 Å². The number of hydrogen-bond acceptors (Lipinski definition) is 2. The molecule has 2 rings (SSSR count). The van der Waals surface area contributed by atoms with Gasteiger partial charge in [-0.05, 0) is 31.6 Å². The van der Waals surface area contributed by atoms with Gasteiger partial charge < -0.3 is 0 Å². The molecule has 0 saturated heterocycles. The molecule has 0 amide bonds. The molecule has 0 saturated carbocycles. The summed E-state index contributed by atoms with van der Waals surface area (Å²) in [6.07, 6.45) is 2.95. The molecule has 1 aromatic rings. The van der Waals surface area contributed by atoms with Gasteiger partial charge in [0, 0.05) is 22.3 Å². The van der Waals surface area contributed by atoms with E-state index >= 15 is 0 Å². The molecule has 2 heteroatoms. The molecule has 1 aromatic carbocycles. The first-order valence-electron chi connectivity index (χ1n) is 8.23. The summed E-state index contributed by atoms with van der Waals surface area (Å²) < 4.78 is 0. The number of carbonyl (C=O) groups excluding carboxylic acids is 2. The van der Waals surface area contributed by atoms with Crippen molar-refractivity contribution in [2.75, 3.05) is 0 Å². The van der Waals surface area contributed by atoms with Crippen LogP contribution in [0.5, 0.6) is 0 Å². The highest BCUT2D eigenvalue weighted by atomic mass is 16.1. The first-order valence-corrected chi connectivity index (χ1v) is 8.23. The second-order valence-electron chi connectivity index (χ2n) is 7.39. The number of allylic oxidation sites excluding steroid dienone is 4. The Morgan fingerprint density at radius 3 is 2.13 bits per heavy atom. The van der Waals surface area contributed by atoms with Crippen molar-refractivity contribution < 1.29 is 9.59 Å². The van der Waals surface area contributed by atoms with Crippen LogP contribution in [0.3, 0.4) is 0 Å². The summed E-state index contributed by atoms with van der Waals surface area (Å²) in [5.74, 6) is 0.469. The number of rotatable bonds is 4. The van der Waals surface area contributed by atoms with E-state index in [2.05, 4.69) is 40.7 Å². The maximum atomic E-state index is 13.0. The van der Waals surface area contributed by atoms with Crippen LogP contribution in [0.2, 0.25) is 0 Å². The van der Waals surface area contributed by atoms with Crippen molar-refractivity contribution in [3.05, 3.63) is 58.2 Å². The molecule has 1 aliphatic rings. The Balaban J connectivity index is 2.46. The van der Waals surface area contributed by atoms with Gasteiger partial charge in [-0.25, -0.2) is 0 Å². The third-order valence-electron chi connectivity index (χ3n) is 4.88. The standard InChI is InChI=1S/C21H26O2/c1-13(2)14(3)11-12-21(5,6)18-15(4)19(22)16-9-7-8-10-17(16)20(18)23/h7-11,13H,12H2,1-6H3/b14-11+. The minimum atomic E-state index is -0.361. The van der Waals surface area contributed by atoms with E-state index in [0.29, 0.717) is 28.2 Å². The zero-order valence-corrected chi connectivity index (χ0v) is 15.0. The van der Waals surface area contributed by atoms with Crippen LogP contribution in [-0.2, 0) is 0 Å². The minimum Gasteiger partial charge on any atom is -0.289 e.